The van der Waals surface area contributed by atoms with Crippen molar-refractivity contribution < 1.29 is 8.91 Å². The van der Waals surface area contributed by atoms with Gasteiger partial charge in [0.15, 0.2) is 5.82 Å². The minimum Gasteiger partial charge on any atom is -0.339 e. The Bertz CT molecular complexity index is 577. The van der Waals surface area contributed by atoms with Crippen LogP contribution in [0.4, 0.5) is 4.39 Å². The van der Waals surface area contributed by atoms with Crippen LogP contribution in [-0.4, -0.2) is 10.1 Å². The van der Waals surface area contributed by atoms with Crippen LogP contribution in [0, 0.1) is 12.7 Å². The van der Waals surface area contributed by atoms with Crippen LogP contribution in [0.25, 0.3) is 0 Å². The van der Waals surface area contributed by atoms with Gasteiger partial charge < -0.3 is 10.3 Å². The largest absolute Gasteiger partial charge is 0.339 e. The first-order valence-electron chi connectivity index (χ1n) is 6.00. The summed E-state index contributed by atoms with van der Waals surface area (Å²) in [6.45, 7) is 1.71. The topological polar surface area (TPSA) is 64.9 Å². The standard InChI is InChI=1S/C13H14FN3O/c1-7-2-3-9(6-10(7)14)11(15)12-16-13(18-17-12)8-4-5-8/h2-3,6,8,11H,4-5,15H2,1H3. The van der Waals surface area contributed by atoms with Crippen molar-refractivity contribution in [3.05, 3.63) is 46.9 Å². The van der Waals surface area contributed by atoms with Gasteiger partial charge in [-0.05, 0) is 37.0 Å². The summed E-state index contributed by atoms with van der Waals surface area (Å²) < 4.78 is 18.6. The second-order valence-corrected chi connectivity index (χ2v) is 4.75. The molecule has 1 atom stereocenters. The normalized spacial score (nSPS) is 16.8. The number of hydrogen-bond donors (Lipinski definition) is 1. The number of benzene rings is 1. The lowest BCUT2D eigenvalue weighted by molar-refractivity contribution is 0.372. The van der Waals surface area contributed by atoms with E-state index in [2.05, 4.69) is 10.1 Å². The van der Waals surface area contributed by atoms with Gasteiger partial charge >= 0.3 is 0 Å². The molecule has 4 nitrogen and oxygen atoms in total. The van der Waals surface area contributed by atoms with Crippen molar-refractivity contribution in [2.45, 2.75) is 31.7 Å². The number of nitrogens with zero attached hydrogens (tertiary/aromatic N) is 2. The molecule has 0 saturated heterocycles. The molecule has 1 heterocycles. The third-order valence-corrected chi connectivity index (χ3v) is 3.22. The first kappa shape index (κ1) is 11.3. The molecule has 0 aliphatic heterocycles. The molecule has 1 fully saturated rings. The molecule has 1 unspecified atom stereocenters. The van der Waals surface area contributed by atoms with Crippen LogP contribution in [0.15, 0.2) is 22.7 Å². The molecule has 1 aliphatic carbocycles. The van der Waals surface area contributed by atoms with Crippen molar-refractivity contribution in [2.75, 3.05) is 0 Å². The zero-order valence-corrected chi connectivity index (χ0v) is 10.1. The number of hydrogen-bond acceptors (Lipinski definition) is 4. The number of rotatable bonds is 3. The quantitative estimate of drug-likeness (QED) is 0.904. The molecule has 1 saturated carbocycles. The highest BCUT2D eigenvalue weighted by molar-refractivity contribution is 5.28. The van der Waals surface area contributed by atoms with E-state index in [4.69, 9.17) is 10.3 Å². The smallest absolute Gasteiger partial charge is 0.229 e. The lowest BCUT2D eigenvalue weighted by Crippen LogP contribution is -2.14. The van der Waals surface area contributed by atoms with E-state index in [1.54, 1.807) is 19.1 Å². The fourth-order valence-electron chi connectivity index (χ4n) is 1.82. The van der Waals surface area contributed by atoms with Crippen molar-refractivity contribution in [2.24, 2.45) is 5.73 Å². The SMILES string of the molecule is Cc1ccc(C(N)c2noc(C3CC3)n2)cc1F. The van der Waals surface area contributed by atoms with Crippen molar-refractivity contribution in [1.29, 1.82) is 0 Å². The Kier molecular flexibility index (Phi) is 2.63. The molecular formula is C13H14FN3O. The number of nitrogens with two attached hydrogens (primary N) is 1. The summed E-state index contributed by atoms with van der Waals surface area (Å²) in [5.74, 6) is 1.19. The molecule has 0 radical (unpaired) electrons. The molecule has 0 amide bonds. The van der Waals surface area contributed by atoms with Gasteiger partial charge in [0.1, 0.15) is 5.82 Å². The van der Waals surface area contributed by atoms with Gasteiger partial charge in [-0.3, -0.25) is 0 Å². The van der Waals surface area contributed by atoms with E-state index in [1.165, 1.54) is 6.07 Å². The van der Waals surface area contributed by atoms with Crippen LogP contribution >= 0.6 is 0 Å². The summed E-state index contributed by atoms with van der Waals surface area (Å²) in [6, 6.07) is 4.37. The Morgan fingerprint density at radius 3 is 2.89 bits per heavy atom. The fourth-order valence-corrected chi connectivity index (χ4v) is 1.82. The van der Waals surface area contributed by atoms with Crippen LogP contribution < -0.4 is 5.73 Å². The van der Waals surface area contributed by atoms with E-state index in [0.29, 0.717) is 28.8 Å². The highest BCUT2D eigenvalue weighted by atomic mass is 19.1. The van der Waals surface area contributed by atoms with Crippen molar-refractivity contribution >= 4 is 0 Å². The third-order valence-electron chi connectivity index (χ3n) is 3.22. The van der Waals surface area contributed by atoms with E-state index in [9.17, 15) is 4.39 Å². The second kappa shape index (κ2) is 4.17. The summed E-state index contributed by atoms with van der Waals surface area (Å²) in [7, 11) is 0. The van der Waals surface area contributed by atoms with Gasteiger partial charge in [0, 0.05) is 5.92 Å². The summed E-state index contributed by atoms with van der Waals surface area (Å²) >= 11 is 0. The molecule has 94 valence electrons. The van der Waals surface area contributed by atoms with E-state index < -0.39 is 6.04 Å². The summed E-state index contributed by atoms with van der Waals surface area (Å²) in [5, 5.41) is 3.87. The van der Waals surface area contributed by atoms with Crippen LogP contribution in [0.3, 0.4) is 0 Å². The monoisotopic (exact) mass is 247 g/mol. The highest BCUT2D eigenvalue weighted by Crippen LogP contribution is 2.39. The van der Waals surface area contributed by atoms with Crippen LogP contribution in [0.2, 0.25) is 0 Å². The molecule has 1 aromatic heterocycles. The van der Waals surface area contributed by atoms with Gasteiger partial charge in [0.05, 0.1) is 6.04 Å². The van der Waals surface area contributed by atoms with E-state index in [0.717, 1.165) is 12.8 Å². The lowest BCUT2D eigenvalue weighted by atomic mass is 10.1. The molecule has 18 heavy (non-hydrogen) atoms. The molecule has 1 aliphatic rings. The summed E-state index contributed by atoms with van der Waals surface area (Å²) in [6.07, 6.45) is 2.19. The molecule has 5 heteroatoms. The van der Waals surface area contributed by atoms with Gasteiger partial charge in [-0.2, -0.15) is 4.98 Å². The maximum atomic E-state index is 13.5. The summed E-state index contributed by atoms with van der Waals surface area (Å²) in [5.41, 5.74) is 7.27. The first-order chi connectivity index (χ1) is 8.65. The zero-order valence-electron chi connectivity index (χ0n) is 10.1. The molecule has 1 aromatic carbocycles. The molecular weight excluding hydrogens is 233 g/mol. The van der Waals surface area contributed by atoms with Gasteiger partial charge in [0.2, 0.25) is 5.89 Å². The van der Waals surface area contributed by atoms with E-state index in [1.807, 2.05) is 0 Å². The third kappa shape index (κ3) is 2.01. The molecule has 2 aromatic rings. The molecule has 0 bridgehead atoms. The highest BCUT2D eigenvalue weighted by Gasteiger charge is 2.30. The minimum atomic E-state index is -0.545. The van der Waals surface area contributed by atoms with Crippen molar-refractivity contribution in [3.8, 4) is 0 Å². The minimum absolute atomic E-state index is 0.270. The van der Waals surface area contributed by atoms with E-state index in [-0.39, 0.29) is 5.82 Å². The maximum absolute atomic E-state index is 13.5. The van der Waals surface area contributed by atoms with Crippen LogP contribution in [0.5, 0.6) is 0 Å². The van der Waals surface area contributed by atoms with Crippen LogP contribution in [-0.2, 0) is 0 Å². The average molecular weight is 247 g/mol. The Morgan fingerprint density at radius 1 is 1.44 bits per heavy atom. The van der Waals surface area contributed by atoms with Gasteiger partial charge in [-0.1, -0.05) is 17.3 Å². The van der Waals surface area contributed by atoms with Gasteiger partial charge in [0.25, 0.3) is 0 Å². The molecule has 3 rings (SSSR count). The number of aromatic nitrogens is 2. The first-order valence-corrected chi connectivity index (χ1v) is 6.00. The predicted octanol–water partition coefficient (Wildman–Crippen LogP) is 2.44. The lowest BCUT2D eigenvalue weighted by Gasteiger charge is -2.08. The second-order valence-electron chi connectivity index (χ2n) is 4.75. The fraction of sp³-hybridized carbons (Fsp3) is 0.385. The Balaban J connectivity index is 1.87. The number of aryl methyl sites for hydroxylation is 1. The van der Waals surface area contributed by atoms with Crippen LogP contribution in [0.1, 0.15) is 47.6 Å². The molecule has 2 N–H and O–H groups in total. The zero-order chi connectivity index (χ0) is 12.7. The Hall–Kier alpha value is -1.75. The maximum Gasteiger partial charge on any atom is 0.229 e. The summed E-state index contributed by atoms with van der Waals surface area (Å²) in [4.78, 5) is 4.28. The van der Waals surface area contributed by atoms with Gasteiger partial charge in [-0.15, -0.1) is 0 Å². The average Bonchev–Trinajstić information content (AvgIpc) is 3.10. The molecule has 0 spiro atoms. The Morgan fingerprint density at radius 2 is 2.22 bits per heavy atom. The number of halogens is 1. The van der Waals surface area contributed by atoms with Crippen molar-refractivity contribution in [1.82, 2.24) is 10.1 Å². The Labute approximate surface area is 104 Å². The van der Waals surface area contributed by atoms with E-state index >= 15 is 0 Å². The predicted molar refractivity (Wildman–Crippen MR) is 63.4 cm³/mol. The van der Waals surface area contributed by atoms with Gasteiger partial charge in [-0.25, -0.2) is 4.39 Å². The van der Waals surface area contributed by atoms with Crippen molar-refractivity contribution in [3.63, 3.8) is 0 Å².